The maximum Gasteiger partial charge on any atom is 0.0366 e. The molecule has 2 nitrogen and oxygen atoms in total. The molecule has 2 heteroatoms. The van der Waals surface area contributed by atoms with Crippen LogP contribution in [0.4, 0.5) is 5.69 Å². The predicted molar refractivity (Wildman–Crippen MR) is 91.2 cm³/mol. The first kappa shape index (κ1) is 14.4. The number of benzene rings is 2. The molecule has 0 atom stereocenters. The number of hydrogen-bond donors (Lipinski definition) is 1. The summed E-state index contributed by atoms with van der Waals surface area (Å²) in [5, 5.41) is 2.53. The smallest absolute Gasteiger partial charge is 0.0366 e. The summed E-state index contributed by atoms with van der Waals surface area (Å²) in [6.45, 7) is 6.79. The van der Waals surface area contributed by atoms with Crippen LogP contribution >= 0.6 is 0 Å². The van der Waals surface area contributed by atoms with Crippen LogP contribution in [0.15, 0.2) is 36.4 Å². The van der Waals surface area contributed by atoms with Gasteiger partial charge in [-0.1, -0.05) is 38.1 Å². The highest BCUT2D eigenvalue weighted by molar-refractivity contribution is 5.86. The molecule has 21 heavy (non-hydrogen) atoms. The molecule has 0 radical (unpaired) electrons. The van der Waals surface area contributed by atoms with Crippen LogP contribution in [0.1, 0.15) is 38.7 Å². The van der Waals surface area contributed by atoms with Crippen molar-refractivity contribution in [1.82, 2.24) is 4.90 Å². The molecule has 1 saturated carbocycles. The highest BCUT2D eigenvalue weighted by atomic mass is 15.2. The van der Waals surface area contributed by atoms with Crippen molar-refractivity contribution in [1.29, 1.82) is 0 Å². The fourth-order valence-corrected chi connectivity index (χ4v) is 2.92. The van der Waals surface area contributed by atoms with Crippen molar-refractivity contribution in [2.45, 2.75) is 45.7 Å². The number of nitrogens with two attached hydrogens (primary N) is 1. The molecule has 2 aromatic rings. The van der Waals surface area contributed by atoms with Crippen LogP contribution < -0.4 is 5.73 Å². The van der Waals surface area contributed by atoms with E-state index in [4.69, 9.17) is 5.73 Å². The highest BCUT2D eigenvalue weighted by Crippen LogP contribution is 2.31. The van der Waals surface area contributed by atoms with E-state index >= 15 is 0 Å². The molecule has 1 fully saturated rings. The van der Waals surface area contributed by atoms with Gasteiger partial charge in [-0.15, -0.1) is 0 Å². The first-order valence-electron chi connectivity index (χ1n) is 8.14. The zero-order valence-corrected chi connectivity index (χ0v) is 13.2. The Morgan fingerprint density at radius 1 is 1.14 bits per heavy atom. The lowest BCUT2D eigenvalue weighted by atomic mass is 10.0. The lowest BCUT2D eigenvalue weighted by Crippen LogP contribution is -2.28. The predicted octanol–water partition coefficient (Wildman–Crippen LogP) is 4.43. The second-order valence-corrected chi connectivity index (χ2v) is 6.78. The van der Waals surface area contributed by atoms with Gasteiger partial charge in [0.05, 0.1) is 0 Å². The third-order valence-electron chi connectivity index (χ3n) is 4.44. The highest BCUT2D eigenvalue weighted by Gasteiger charge is 2.29. The van der Waals surface area contributed by atoms with E-state index in [1.54, 1.807) is 0 Å². The number of fused-ring (bicyclic) bond motifs is 1. The lowest BCUT2D eigenvalue weighted by Gasteiger charge is -2.24. The molecule has 0 aromatic heterocycles. The zero-order chi connectivity index (χ0) is 14.8. The van der Waals surface area contributed by atoms with Gasteiger partial charge in [0.25, 0.3) is 0 Å². The SMILES string of the molecule is CC(C)CCN(Cc1cc2ccccc2cc1N)C1CC1. The number of hydrogen-bond acceptors (Lipinski definition) is 2. The fourth-order valence-electron chi connectivity index (χ4n) is 2.92. The molecule has 0 heterocycles. The summed E-state index contributed by atoms with van der Waals surface area (Å²) in [6, 6.07) is 13.7. The van der Waals surface area contributed by atoms with E-state index in [-0.39, 0.29) is 0 Å². The van der Waals surface area contributed by atoms with Crippen molar-refractivity contribution in [3.63, 3.8) is 0 Å². The average molecular weight is 282 g/mol. The van der Waals surface area contributed by atoms with Crippen molar-refractivity contribution in [2.75, 3.05) is 12.3 Å². The van der Waals surface area contributed by atoms with E-state index in [1.807, 2.05) is 0 Å². The molecule has 0 aliphatic heterocycles. The zero-order valence-electron chi connectivity index (χ0n) is 13.2. The lowest BCUT2D eigenvalue weighted by molar-refractivity contribution is 0.240. The molecule has 3 rings (SSSR count). The van der Waals surface area contributed by atoms with Gasteiger partial charge in [-0.2, -0.15) is 0 Å². The molecule has 0 saturated heterocycles. The molecule has 2 N–H and O–H groups in total. The minimum Gasteiger partial charge on any atom is -0.398 e. The van der Waals surface area contributed by atoms with Crippen LogP contribution in [0.25, 0.3) is 10.8 Å². The third-order valence-corrected chi connectivity index (χ3v) is 4.44. The second-order valence-electron chi connectivity index (χ2n) is 6.78. The minimum absolute atomic E-state index is 0.764. The molecule has 1 aliphatic rings. The van der Waals surface area contributed by atoms with Gasteiger partial charge in [0.1, 0.15) is 0 Å². The largest absolute Gasteiger partial charge is 0.398 e. The van der Waals surface area contributed by atoms with Gasteiger partial charge in [-0.05, 0) is 60.2 Å². The maximum absolute atomic E-state index is 6.28. The Kier molecular flexibility index (Phi) is 4.16. The first-order chi connectivity index (χ1) is 10.1. The Morgan fingerprint density at radius 2 is 1.81 bits per heavy atom. The molecular weight excluding hydrogens is 256 g/mol. The van der Waals surface area contributed by atoms with Crippen molar-refractivity contribution in [2.24, 2.45) is 5.92 Å². The van der Waals surface area contributed by atoms with E-state index in [2.05, 4.69) is 55.1 Å². The van der Waals surface area contributed by atoms with Gasteiger partial charge >= 0.3 is 0 Å². The summed E-state index contributed by atoms with van der Waals surface area (Å²) in [4.78, 5) is 2.63. The van der Waals surface area contributed by atoms with E-state index in [0.29, 0.717) is 0 Å². The standard InChI is InChI=1S/C19H26N2/c1-14(2)9-10-21(18-7-8-18)13-17-11-15-5-3-4-6-16(15)12-19(17)20/h3-6,11-12,14,18H,7-10,13,20H2,1-2H3. The summed E-state index contributed by atoms with van der Waals surface area (Å²) >= 11 is 0. The van der Waals surface area contributed by atoms with Crippen LogP contribution in [-0.4, -0.2) is 17.5 Å². The summed E-state index contributed by atoms with van der Waals surface area (Å²) in [5.74, 6) is 0.764. The van der Waals surface area contributed by atoms with Crippen LogP contribution in [0.5, 0.6) is 0 Å². The van der Waals surface area contributed by atoms with E-state index in [1.165, 1.54) is 42.1 Å². The van der Waals surface area contributed by atoms with E-state index in [9.17, 15) is 0 Å². The number of nitrogen functional groups attached to an aromatic ring is 1. The molecule has 0 amide bonds. The van der Waals surface area contributed by atoms with Gasteiger partial charge < -0.3 is 5.73 Å². The molecule has 0 unspecified atom stereocenters. The number of rotatable bonds is 6. The second kappa shape index (κ2) is 6.07. The Bertz CT molecular complexity index is 614. The van der Waals surface area contributed by atoms with Gasteiger partial charge in [-0.3, -0.25) is 4.90 Å². The Morgan fingerprint density at radius 3 is 2.43 bits per heavy atom. The topological polar surface area (TPSA) is 29.3 Å². The van der Waals surface area contributed by atoms with Crippen LogP contribution in [-0.2, 0) is 6.54 Å². The van der Waals surface area contributed by atoms with Gasteiger partial charge in [-0.25, -0.2) is 0 Å². The molecule has 112 valence electrons. The van der Waals surface area contributed by atoms with Crippen LogP contribution in [0.3, 0.4) is 0 Å². The van der Waals surface area contributed by atoms with Crippen LogP contribution in [0.2, 0.25) is 0 Å². The van der Waals surface area contributed by atoms with Gasteiger partial charge in [0.15, 0.2) is 0 Å². The van der Waals surface area contributed by atoms with Crippen molar-refractivity contribution in [3.05, 3.63) is 42.0 Å². The van der Waals surface area contributed by atoms with Gasteiger partial charge in [0, 0.05) is 18.3 Å². The van der Waals surface area contributed by atoms with Crippen molar-refractivity contribution >= 4 is 16.5 Å². The summed E-state index contributed by atoms with van der Waals surface area (Å²) in [5.41, 5.74) is 8.50. The Labute approximate surface area is 127 Å². The molecule has 1 aliphatic carbocycles. The molecule has 2 aromatic carbocycles. The Hall–Kier alpha value is -1.54. The van der Waals surface area contributed by atoms with E-state index in [0.717, 1.165) is 24.2 Å². The molecule has 0 bridgehead atoms. The Balaban J connectivity index is 1.80. The molecular formula is C19H26N2. The first-order valence-corrected chi connectivity index (χ1v) is 8.14. The monoisotopic (exact) mass is 282 g/mol. The number of anilines is 1. The summed E-state index contributed by atoms with van der Waals surface area (Å²) in [6.07, 6.45) is 3.97. The number of nitrogens with zero attached hydrogens (tertiary/aromatic N) is 1. The molecule has 0 spiro atoms. The fraction of sp³-hybridized carbons (Fsp3) is 0.474. The van der Waals surface area contributed by atoms with Crippen LogP contribution in [0, 0.1) is 5.92 Å². The summed E-state index contributed by atoms with van der Waals surface area (Å²) < 4.78 is 0. The quantitative estimate of drug-likeness (QED) is 0.794. The average Bonchev–Trinajstić information content (AvgIpc) is 3.28. The van der Waals surface area contributed by atoms with Gasteiger partial charge in [0.2, 0.25) is 0 Å². The normalized spacial score (nSPS) is 15.2. The minimum atomic E-state index is 0.764. The summed E-state index contributed by atoms with van der Waals surface area (Å²) in [7, 11) is 0. The van der Waals surface area contributed by atoms with Crippen molar-refractivity contribution in [3.8, 4) is 0 Å². The van der Waals surface area contributed by atoms with E-state index < -0.39 is 0 Å². The van der Waals surface area contributed by atoms with Crippen molar-refractivity contribution < 1.29 is 0 Å². The maximum atomic E-state index is 6.28. The third kappa shape index (κ3) is 3.56.